The molecule has 0 heterocycles. The predicted octanol–water partition coefficient (Wildman–Crippen LogP) is 4.54. The van der Waals surface area contributed by atoms with Crippen molar-refractivity contribution in [1.82, 2.24) is 0 Å². The van der Waals surface area contributed by atoms with E-state index in [9.17, 15) is 4.39 Å². The lowest BCUT2D eigenvalue weighted by Crippen LogP contribution is -2.03. The minimum atomic E-state index is -0.330. The Morgan fingerprint density at radius 1 is 1.16 bits per heavy atom. The van der Waals surface area contributed by atoms with Crippen LogP contribution in [0.25, 0.3) is 0 Å². The molecule has 0 fully saturated rings. The lowest BCUT2D eigenvalue weighted by atomic mass is 10.1. The summed E-state index contributed by atoms with van der Waals surface area (Å²) in [5.41, 5.74) is 6.47. The van der Waals surface area contributed by atoms with Crippen LogP contribution in [0.4, 0.5) is 4.39 Å². The van der Waals surface area contributed by atoms with Crippen LogP contribution < -0.4 is 10.5 Å². The fourth-order valence-electron chi connectivity index (χ4n) is 1.63. The molecule has 0 aliphatic heterocycles. The number of nitrogens with two attached hydrogens (primary N) is 1. The fraction of sp³-hybridized carbons (Fsp3) is 0.143. The van der Waals surface area contributed by atoms with E-state index in [1.807, 2.05) is 12.1 Å². The summed E-state index contributed by atoms with van der Waals surface area (Å²) in [6.07, 6.45) is 0.723. The number of hydrogen-bond acceptors (Lipinski definition) is 2. The van der Waals surface area contributed by atoms with Gasteiger partial charge in [0, 0.05) is 5.02 Å². The Morgan fingerprint density at radius 2 is 1.84 bits per heavy atom. The van der Waals surface area contributed by atoms with Crippen molar-refractivity contribution in [3.63, 3.8) is 0 Å². The Morgan fingerprint density at radius 3 is 2.47 bits per heavy atom. The zero-order valence-electron chi connectivity index (χ0n) is 10.00. The first-order valence-electron chi connectivity index (χ1n) is 5.71. The van der Waals surface area contributed by atoms with Gasteiger partial charge in [0.15, 0.2) is 0 Å². The second kappa shape index (κ2) is 6.37. The highest BCUT2D eigenvalue weighted by molar-refractivity contribution is 9.10. The van der Waals surface area contributed by atoms with Gasteiger partial charge in [0.05, 0.1) is 4.47 Å². The zero-order chi connectivity index (χ0) is 13.8. The minimum absolute atomic E-state index is 0.330. The molecule has 0 saturated heterocycles. The Kier molecular flexibility index (Phi) is 4.80. The second-order valence-corrected chi connectivity index (χ2v) is 5.23. The molecule has 0 atom stereocenters. The van der Waals surface area contributed by atoms with Gasteiger partial charge in [-0.3, -0.25) is 0 Å². The molecule has 5 heteroatoms. The smallest absolute Gasteiger partial charge is 0.137 e. The molecule has 2 N–H and O–H groups in total. The van der Waals surface area contributed by atoms with E-state index >= 15 is 0 Å². The first-order chi connectivity index (χ1) is 9.10. The Bertz CT molecular complexity index is 592. The summed E-state index contributed by atoms with van der Waals surface area (Å²) in [4.78, 5) is 0. The predicted molar refractivity (Wildman–Crippen MR) is 78.4 cm³/mol. The molecule has 0 unspecified atom stereocenters. The quantitative estimate of drug-likeness (QED) is 0.884. The van der Waals surface area contributed by atoms with Gasteiger partial charge in [0.25, 0.3) is 0 Å². The van der Waals surface area contributed by atoms with Crippen molar-refractivity contribution in [3.05, 3.63) is 57.3 Å². The van der Waals surface area contributed by atoms with Gasteiger partial charge < -0.3 is 10.5 Å². The summed E-state index contributed by atoms with van der Waals surface area (Å²) in [6.45, 7) is 0.546. The molecule has 0 amide bonds. The molecule has 0 spiro atoms. The van der Waals surface area contributed by atoms with Crippen LogP contribution in [-0.4, -0.2) is 6.54 Å². The van der Waals surface area contributed by atoms with Crippen molar-refractivity contribution in [1.29, 1.82) is 0 Å². The van der Waals surface area contributed by atoms with Crippen LogP contribution in [0, 0.1) is 5.82 Å². The van der Waals surface area contributed by atoms with Crippen LogP contribution in [0.1, 0.15) is 5.56 Å². The molecule has 19 heavy (non-hydrogen) atoms. The third kappa shape index (κ3) is 3.69. The molecule has 2 nitrogen and oxygen atoms in total. The molecule has 2 aromatic rings. The first kappa shape index (κ1) is 14.3. The van der Waals surface area contributed by atoms with Crippen LogP contribution in [0.2, 0.25) is 5.02 Å². The number of benzene rings is 2. The molecular formula is C14H12BrClFNO. The van der Waals surface area contributed by atoms with Crippen molar-refractivity contribution < 1.29 is 9.13 Å². The molecule has 0 aromatic heterocycles. The van der Waals surface area contributed by atoms with Gasteiger partial charge in [-0.15, -0.1) is 0 Å². The van der Waals surface area contributed by atoms with E-state index in [2.05, 4.69) is 15.9 Å². The monoisotopic (exact) mass is 343 g/mol. The lowest BCUT2D eigenvalue weighted by Gasteiger charge is -2.09. The van der Waals surface area contributed by atoms with Crippen molar-refractivity contribution in [3.8, 4) is 11.5 Å². The zero-order valence-corrected chi connectivity index (χ0v) is 12.3. The van der Waals surface area contributed by atoms with Crippen LogP contribution in [0.15, 0.2) is 40.9 Å². The number of rotatable bonds is 4. The largest absolute Gasteiger partial charge is 0.457 e. The molecule has 0 radical (unpaired) electrons. The van der Waals surface area contributed by atoms with Crippen molar-refractivity contribution >= 4 is 27.5 Å². The van der Waals surface area contributed by atoms with E-state index in [1.54, 1.807) is 18.2 Å². The number of ether oxygens (including phenoxy) is 1. The summed E-state index contributed by atoms with van der Waals surface area (Å²) < 4.78 is 19.1. The maximum absolute atomic E-state index is 13.1. The molecule has 0 aliphatic carbocycles. The Labute approximate surface area is 124 Å². The van der Waals surface area contributed by atoms with Crippen LogP contribution in [0.3, 0.4) is 0 Å². The maximum Gasteiger partial charge on any atom is 0.137 e. The lowest BCUT2D eigenvalue weighted by molar-refractivity contribution is 0.479. The van der Waals surface area contributed by atoms with Crippen LogP contribution >= 0.6 is 27.5 Å². The van der Waals surface area contributed by atoms with Crippen molar-refractivity contribution in [2.75, 3.05) is 6.54 Å². The summed E-state index contributed by atoms with van der Waals surface area (Å²) >= 11 is 9.24. The van der Waals surface area contributed by atoms with E-state index in [1.165, 1.54) is 6.07 Å². The third-order valence-corrected chi connectivity index (χ3v) is 3.52. The van der Waals surface area contributed by atoms with E-state index < -0.39 is 0 Å². The summed E-state index contributed by atoms with van der Waals surface area (Å²) in [7, 11) is 0. The standard InChI is InChI=1S/C14H12BrClFNO/c15-12-7-10(3-4-14(12)17)19-11-2-1-9(5-6-18)13(16)8-11/h1-4,7-8H,5-6,18H2. The summed E-state index contributed by atoms with van der Waals surface area (Å²) in [6, 6.07) is 9.88. The maximum atomic E-state index is 13.1. The van der Waals surface area contributed by atoms with Crippen LogP contribution in [-0.2, 0) is 6.42 Å². The van der Waals surface area contributed by atoms with Gasteiger partial charge in [-0.1, -0.05) is 17.7 Å². The summed E-state index contributed by atoms with van der Waals surface area (Å²) in [5.74, 6) is 0.809. The van der Waals surface area contributed by atoms with Crippen LogP contribution in [0.5, 0.6) is 11.5 Å². The second-order valence-electron chi connectivity index (χ2n) is 3.97. The Balaban J connectivity index is 2.19. The van der Waals surface area contributed by atoms with Gasteiger partial charge in [0.1, 0.15) is 17.3 Å². The highest BCUT2D eigenvalue weighted by atomic mass is 79.9. The van der Waals surface area contributed by atoms with E-state index in [-0.39, 0.29) is 5.82 Å². The molecular weight excluding hydrogens is 333 g/mol. The van der Waals surface area contributed by atoms with E-state index in [0.717, 1.165) is 12.0 Å². The summed E-state index contributed by atoms with van der Waals surface area (Å²) in [5, 5.41) is 0.615. The molecule has 0 aliphatic rings. The minimum Gasteiger partial charge on any atom is -0.457 e. The Hall–Kier alpha value is -1.10. The molecule has 2 rings (SSSR count). The normalized spacial score (nSPS) is 10.5. The van der Waals surface area contributed by atoms with Gasteiger partial charge in [0.2, 0.25) is 0 Å². The van der Waals surface area contributed by atoms with Crippen molar-refractivity contribution in [2.45, 2.75) is 6.42 Å². The fourth-order valence-corrected chi connectivity index (χ4v) is 2.25. The molecule has 0 saturated carbocycles. The average Bonchev–Trinajstić information content (AvgIpc) is 2.37. The number of halogens is 3. The first-order valence-corrected chi connectivity index (χ1v) is 6.88. The average molecular weight is 345 g/mol. The molecule has 2 aromatic carbocycles. The van der Waals surface area contributed by atoms with Crippen molar-refractivity contribution in [2.24, 2.45) is 5.73 Å². The van der Waals surface area contributed by atoms with Gasteiger partial charge in [-0.25, -0.2) is 4.39 Å². The SMILES string of the molecule is NCCc1ccc(Oc2ccc(F)c(Br)c2)cc1Cl. The topological polar surface area (TPSA) is 35.2 Å². The number of hydrogen-bond donors (Lipinski definition) is 1. The molecule has 100 valence electrons. The highest BCUT2D eigenvalue weighted by Gasteiger charge is 2.05. The van der Waals surface area contributed by atoms with Gasteiger partial charge in [-0.05, 0) is 64.8 Å². The van der Waals surface area contributed by atoms with E-state index in [4.69, 9.17) is 22.1 Å². The third-order valence-electron chi connectivity index (χ3n) is 2.56. The van der Waals surface area contributed by atoms with Gasteiger partial charge in [-0.2, -0.15) is 0 Å². The molecule has 0 bridgehead atoms. The highest BCUT2D eigenvalue weighted by Crippen LogP contribution is 2.29. The van der Waals surface area contributed by atoms with E-state index in [0.29, 0.717) is 27.5 Å². The van der Waals surface area contributed by atoms with Gasteiger partial charge >= 0.3 is 0 Å².